The molecule has 0 aliphatic heterocycles. The standard InChI is InChI=1S/C20H24Cl2N2O4S/c1-13-8-14(2)20(15(3)9-13)29(27,28)24(12-19(26)23-6-7-25)11-16-4-5-17(21)18(22)10-16/h4-5,8-10,25H,6-7,11-12H2,1-3H3,(H,23,26). The molecule has 0 heterocycles. The molecule has 9 heteroatoms. The average Bonchev–Trinajstić information content (AvgIpc) is 2.61. The quantitative estimate of drug-likeness (QED) is 0.635. The second-order valence-corrected chi connectivity index (χ2v) is 9.51. The fourth-order valence-corrected chi connectivity index (χ4v) is 5.30. The van der Waals surface area contributed by atoms with Crippen LogP contribution in [-0.4, -0.2) is 43.4 Å². The fraction of sp³-hybridized carbons (Fsp3) is 0.350. The summed E-state index contributed by atoms with van der Waals surface area (Å²) in [4.78, 5) is 12.4. The molecule has 29 heavy (non-hydrogen) atoms. The lowest BCUT2D eigenvalue weighted by Crippen LogP contribution is -2.41. The largest absolute Gasteiger partial charge is 0.395 e. The van der Waals surface area contributed by atoms with Gasteiger partial charge >= 0.3 is 0 Å². The molecular weight excluding hydrogens is 435 g/mol. The van der Waals surface area contributed by atoms with Crippen molar-refractivity contribution < 1.29 is 18.3 Å². The molecule has 6 nitrogen and oxygen atoms in total. The maximum absolute atomic E-state index is 13.5. The van der Waals surface area contributed by atoms with E-state index in [0.29, 0.717) is 26.7 Å². The minimum absolute atomic E-state index is 0.0437. The third-order valence-corrected chi connectivity index (χ3v) is 7.14. The van der Waals surface area contributed by atoms with E-state index in [1.807, 2.05) is 6.92 Å². The van der Waals surface area contributed by atoms with Crippen LogP contribution in [0.25, 0.3) is 0 Å². The number of halogens is 2. The second-order valence-electron chi connectivity index (χ2n) is 6.82. The van der Waals surface area contributed by atoms with Gasteiger partial charge in [0.2, 0.25) is 15.9 Å². The Morgan fingerprint density at radius 3 is 2.24 bits per heavy atom. The number of aliphatic hydroxyl groups is 1. The Morgan fingerprint density at radius 2 is 1.69 bits per heavy atom. The van der Waals surface area contributed by atoms with E-state index in [1.54, 1.807) is 44.2 Å². The van der Waals surface area contributed by atoms with Crippen LogP contribution in [0.15, 0.2) is 35.2 Å². The molecule has 0 aromatic heterocycles. The molecule has 2 aromatic rings. The minimum Gasteiger partial charge on any atom is -0.395 e. The highest BCUT2D eigenvalue weighted by Gasteiger charge is 2.30. The SMILES string of the molecule is Cc1cc(C)c(S(=O)(=O)N(CC(=O)NCCO)Cc2ccc(Cl)c(Cl)c2)c(C)c1. The predicted octanol–water partition coefficient (Wildman–Crippen LogP) is 3.22. The van der Waals surface area contributed by atoms with Crippen LogP contribution >= 0.6 is 23.2 Å². The van der Waals surface area contributed by atoms with E-state index in [2.05, 4.69) is 5.32 Å². The van der Waals surface area contributed by atoms with Crippen molar-refractivity contribution in [3.63, 3.8) is 0 Å². The first-order chi connectivity index (χ1) is 13.6. The number of nitrogens with zero attached hydrogens (tertiary/aromatic N) is 1. The Labute approximate surface area is 181 Å². The fourth-order valence-electron chi connectivity index (χ4n) is 3.18. The van der Waals surface area contributed by atoms with E-state index in [9.17, 15) is 13.2 Å². The molecule has 1 amide bonds. The van der Waals surface area contributed by atoms with E-state index in [0.717, 1.165) is 9.87 Å². The molecule has 0 bridgehead atoms. The van der Waals surface area contributed by atoms with Crippen LogP contribution in [0, 0.1) is 20.8 Å². The van der Waals surface area contributed by atoms with Gasteiger partial charge in [-0.05, 0) is 49.6 Å². The van der Waals surface area contributed by atoms with E-state index in [4.69, 9.17) is 28.3 Å². The maximum atomic E-state index is 13.5. The Morgan fingerprint density at radius 1 is 1.07 bits per heavy atom. The number of sulfonamides is 1. The van der Waals surface area contributed by atoms with Gasteiger partial charge in [0, 0.05) is 13.1 Å². The molecule has 0 saturated carbocycles. The molecule has 0 unspecified atom stereocenters. The number of benzene rings is 2. The highest BCUT2D eigenvalue weighted by Crippen LogP contribution is 2.28. The van der Waals surface area contributed by atoms with Crippen molar-refractivity contribution in [2.75, 3.05) is 19.7 Å². The summed E-state index contributed by atoms with van der Waals surface area (Å²) in [5.41, 5.74) is 2.77. The number of hydrogen-bond acceptors (Lipinski definition) is 4. The zero-order chi connectivity index (χ0) is 21.8. The molecule has 0 fully saturated rings. The smallest absolute Gasteiger partial charge is 0.244 e. The van der Waals surface area contributed by atoms with E-state index in [1.165, 1.54) is 0 Å². The van der Waals surface area contributed by atoms with Gasteiger partial charge in [-0.25, -0.2) is 8.42 Å². The minimum atomic E-state index is -3.99. The highest BCUT2D eigenvalue weighted by molar-refractivity contribution is 7.89. The number of carbonyl (C=O) groups is 1. The topological polar surface area (TPSA) is 86.7 Å². The molecule has 2 rings (SSSR count). The number of hydrogen-bond donors (Lipinski definition) is 2. The molecule has 0 saturated heterocycles. The van der Waals surface area contributed by atoms with Crippen molar-refractivity contribution >= 4 is 39.1 Å². The number of aryl methyl sites for hydroxylation is 3. The van der Waals surface area contributed by atoms with Gasteiger partial charge in [0.05, 0.1) is 28.1 Å². The van der Waals surface area contributed by atoms with E-state index < -0.39 is 22.5 Å². The van der Waals surface area contributed by atoms with Gasteiger partial charge in [-0.1, -0.05) is 47.0 Å². The van der Waals surface area contributed by atoms with Gasteiger partial charge < -0.3 is 10.4 Å². The Balaban J connectivity index is 2.47. The molecule has 158 valence electrons. The van der Waals surface area contributed by atoms with Gasteiger partial charge in [-0.15, -0.1) is 0 Å². The molecule has 0 atom stereocenters. The van der Waals surface area contributed by atoms with Crippen molar-refractivity contribution in [2.45, 2.75) is 32.2 Å². The first kappa shape index (κ1) is 23.6. The van der Waals surface area contributed by atoms with Gasteiger partial charge in [0.1, 0.15) is 0 Å². The lowest BCUT2D eigenvalue weighted by molar-refractivity contribution is -0.121. The molecule has 2 aromatic carbocycles. The summed E-state index contributed by atoms with van der Waals surface area (Å²) in [6.45, 7) is 4.72. The van der Waals surface area contributed by atoms with Gasteiger partial charge in [0.25, 0.3) is 0 Å². The number of rotatable bonds is 8. The Bertz CT molecular complexity index is 987. The molecule has 0 aliphatic carbocycles. The van der Waals surface area contributed by atoms with Crippen molar-refractivity contribution in [3.8, 4) is 0 Å². The van der Waals surface area contributed by atoms with Crippen LogP contribution in [0.3, 0.4) is 0 Å². The zero-order valence-corrected chi connectivity index (χ0v) is 18.8. The second kappa shape index (κ2) is 9.91. The zero-order valence-electron chi connectivity index (χ0n) is 16.5. The molecule has 0 spiro atoms. The summed E-state index contributed by atoms with van der Waals surface area (Å²) in [5, 5.41) is 12.0. The number of aliphatic hydroxyl groups excluding tert-OH is 1. The lowest BCUT2D eigenvalue weighted by atomic mass is 10.1. The molecular formula is C20H24Cl2N2O4S. The number of amides is 1. The van der Waals surface area contributed by atoms with Crippen LogP contribution in [0.5, 0.6) is 0 Å². The van der Waals surface area contributed by atoms with Gasteiger partial charge in [-0.2, -0.15) is 4.31 Å². The summed E-state index contributed by atoms with van der Waals surface area (Å²) in [5.74, 6) is -0.509. The first-order valence-electron chi connectivity index (χ1n) is 8.95. The summed E-state index contributed by atoms with van der Waals surface area (Å²) >= 11 is 12.0. The van der Waals surface area contributed by atoms with Crippen molar-refractivity contribution in [2.24, 2.45) is 0 Å². The number of carbonyl (C=O) groups excluding carboxylic acids is 1. The molecule has 0 aliphatic rings. The van der Waals surface area contributed by atoms with Crippen molar-refractivity contribution in [3.05, 3.63) is 62.6 Å². The van der Waals surface area contributed by atoms with E-state index in [-0.39, 0.29) is 24.6 Å². The summed E-state index contributed by atoms with van der Waals surface area (Å²) in [6.07, 6.45) is 0. The molecule has 2 N–H and O–H groups in total. The summed E-state index contributed by atoms with van der Waals surface area (Å²) < 4.78 is 28.1. The van der Waals surface area contributed by atoms with Gasteiger partial charge in [-0.3, -0.25) is 4.79 Å². The Kier molecular flexibility index (Phi) is 8.08. The van der Waals surface area contributed by atoms with Crippen LogP contribution in [-0.2, 0) is 21.4 Å². The average molecular weight is 459 g/mol. The van der Waals surface area contributed by atoms with Crippen molar-refractivity contribution in [1.82, 2.24) is 9.62 Å². The first-order valence-corrected chi connectivity index (χ1v) is 11.2. The van der Waals surface area contributed by atoms with Crippen LogP contribution in [0.1, 0.15) is 22.3 Å². The van der Waals surface area contributed by atoms with Crippen molar-refractivity contribution in [1.29, 1.82) is 0 Å². The summed E-state index contributed by atoms with van der Waals surface area (Å²) in [6, 6.07) is 8.41. The van der Waals surface area contributed by atoms with Crippen LogP contribution in [0.2, 0.25) is 10.0 Å². The van der Waals surface area contributed by atoms with E-state index >= 15 is 0 Å². The third-order valence-electron chi connectivity index (χ3n) is 4.30. The molecule has 0 radical (unpaired) electrons. The number of nitrogens with one attached hydrogen (secondary N) is 1. The summed E-state index contributed by atoms with van der Waals surface area (Å²) in [7, 11) is -3.99. The lowest BCUT2D eigenvalue weighted by Gasteiger charge is -2.24. The predicted molar refractivity (Wildman–Crippen MR) is 115 cm³/mol. The monoisotopic (exact) mass is 458 g/mol. The maximum Gasteiger partial charge on any atom is 0.244 e. The van der Waals surface area contributed by atoms with Crippen LogP contribution < -0.4 is 5.32 Å². The van der Waals surface area contributed by atoms with Crippen LogP contribution in [0.4, 0.5) is 0 Å². The highest BCUT2D eigenvalue weighted by atomic mass is 35.5. The Hall–Kier alpha value is -1.64. The normalized spacial score (nSPS) is 11.7. The third kappa shape index (κ3) is 5.93. The van der Waals surface area contributed by atoms with Gasteiger partial charge in [0.15, 0.2) is 0 Å².